The molecule has 112 valence electrons. The van der Waals surface area contributed by atoms with Crippen LogP contribution < -0.4 is 4.74 Å². The first-order valence-electron chi connectivity index (χ1n) is 7.47. The van der Waals surface area contributed by atoms with Gasteiger partial charge in [-0.15, -0.1) is 0 Å². The molecular weight excluding hydrogens is 264 g/mol. The third kappa shape index (κ3) is 2.68. The van der Waals surface area contributed by atoms with Crippen LogP contribution in [0.25, 0.3) is 5.69 Å². The van der Waals surface area contributed by atoms with Gasteiger partial charge in [-0.1, -0.05) is 13.8 Å². The van der Waals surface area contributed by atoms with Gasteiger partial charge in [0.05, 0.1) is 24.6 Å². The molecule has 0 aromatic carbocycles. The van der Waals surface area contributed by atoms with E-state index in [1.165, 1.54) is 5.69 Å². The maximum atomic E-state index is 10.3. The normalized spacial score (nSPS) is 20.1. The molecule has 0 saturated carbocycles. The number of fused-ring (bicyclic) bond motifs is 1. The van der Waals surface area contributed by atoms with Crippen molar-refractivity contribution in [3.63, 3.8) is 0 Å². The fourth-order valence-electron chi connectivity index (χ4n) is 3.12. The minimum absolute atomic E-state index is 0.112. The summed E-state index contributed by atoms with van der Waals surface area (Å²) < 4.78 is 7.51. The van der Waals surface area contributed by atoms with Crippen molar-refractivity contribution in [3.05, 3.63) is 41.9 Å². The second-order valence-corrected chi connectivity index (χ2v) is 6.44. The van der Waals surface area contributed by atoms with Gasteiger partial charge in [0.25, 0.3) is 0 Å². The first-order chi connectivity index (χ1) is 10.00. The fraction of sp³-hybridized carbons (Fsp3) is 0.471. The van der Waals surface area contributed by atoms with Crippen LogP contribution in [-0.4, -0.2) is 21.3 Å². The van der Waals surface area contributed by atoms with E-state index in [1.54, 1.807) is 0 Å². The lowest BCUT2D eigenvalue weighted by molar-refractivity contribution is 0.0987. The molecule has 1 unspecified atom stereocenters. The van der Waals surface area contributed by atoms with Gasteiger partial charge in [0, 0.05) is 23.5 Å². The van der Waals surface area contributed by atoms with E-state index in [2.05, 4.69) is 23.4 Å². The molecule has 0 aliphatic heterocycles. The Bertz CT molecular complexity index is 629. The van der Waals surface area contributed by atoms with Crippen LogP contribution in [0.1, 0.15) is 44.6 Å². The molecule has 2 aromatic heterocycles. The van der Waals surface area contributed by atoms with Gasteiger partial charge in [-0.2, -0.15) is 0 Å². The molecule has 0 bridgehead atoms. The predicted octanol–water partition coefficient (Wildman–Crippen LogP) is 3.28. The van der Waals surface area contributed by atoms with Crippen LogP contribution in [0.3, 0.4) is 0 Å². The van der Waals surface area contributed by atoms with Crippen molar-refractivity contribution < 1.29 is 9.84 Å². The topological polar surface area (TPSA) is 47.3 Å². The number of aliphatic hydroxyl groups excluding tert-OH is 1. The zero-order chi connectivity index (χ0) is 15.0. The summed E-state index contributed by atoms with van der Waals surface area (Å²) in [5, 5.41) is 10.3. The zero-order valence-electron chi connectivity index (χ0n) is 12.8. The number of hydrogen-bond donors (Lipinski definition) is 1. The molecule has 4 heteroatoms. The summed E-state index contributed by atoms with van der Waals surface area (Å²) in [4.78, 5) is 4.32. The van der Waals surface area contributed by atoms with Gasteiger partial charge in [0.2, 0.25) is 5.88 Å². The Morgan fingerprint density at radius 3 is 2.86 bits per heavy atom. The maximum Gasteiger partial charge on any atom is 0.213 e. The summed E-state index contributed by atoms with van der Waals surface area (Å²) in [6.45, 7) is 6.97. The van der Waals surface area contributed by atoms with Crippen molar-refractivity contribution in [2.24, 2.45) is 5.41 Å². The van der Waals surface area contributed by atoms with E-state index in [0.29, 0.717) is 12.5 Å². The highest BCUT2D eigenvalue weighted by Crippen LogP contribution is 2.41. The van der Waals surface area contributed by atoms with E-state index in [4.69, 9.17) is 4.74 Å². The van der Waals surface area contributed by atoms with Crippen LogP contribution in [0.5, 0.6) is 5.88 Å². The molecular formula is C17H22N2O2. The van der Waals surface area contributed by atoms with Gasteiger partial charge in [-0.3, -0.25) is 0 Å². The lowest BCUT2D eigenvalue weighted by Crippen LogP contribution is -2.26. The average molecular weight is 286 g/mol. The lowest BCUT2D eigenvalue weighted by atomic mass is 9.75. The Labute approximate surface area is 125 Å². The third-order valence-electron chi connectivity index (χ3n) is 4.07. The van der Waals surface area contributed by atoms with Crippen LogP contribution in [0.4, 0.5) is 0 Å². The molecule has 1 aliphatic carbocycles. The molecule has 2 heterocycles. The van der Waals surface area contributed by atoms with E-state index >= 15 is 0 Å². The molecule has 1 N–H and O–H groups in total. The van der Waals surface area contributed by atoms with E-state index in [0.717, 1.165) is 24.1 Å². The molecule has 0 saturated heterocycles. The first kappa shape index (κ1) is 14.1. The van der Waals surface area contributed by atoms with Gasteiger partial charge in [-0.25, -0.2) is 4.98 Å². The molecule has 0 amide bonds. The summed E-state index contributed by atoms with van der Waals surface area (Å²) in [6, 6.07) is 5.91. The second-order valence-electron chi connectivity index (χ2n) is 6.44. The van der Waals surface area contributed by atoms with Crippen molar-refractivity contribution in [2.75, 3.05) is 6.61 Å². The summed E-state index contributed by atoms with van der Waals surface area (Å²) in [6.07, 6.45) is 5.23. The Morgan fingerprint density at radius 1 is 1.38 bits per heavy atom. The third-order valence-corrected chi connectivity index (χ3v) is 4.07. The van der Waals surface area contributed by atoms with Crippen LogP contribution in [0.2, 0.25) is 0 Å². The fourth-order valence-corrected chi connectivity index (χ4v) is 3.12. The van der Waals surface area contributed by atoms with Crippen molar-refractivity contribution in [1.82, 2.24) is 9.55 Å². The van der Waals surface area contributed by atoms with Gasteiger partial charge in [0.15, 0.2) is 0 Å². The molecule has 4 nitrogen and oxygen atoms in total. The predicted molar refractivity (Wildman–Crippen MR) is 81.8 cm³/mol. The Kier molecular flexibility index (Phi) is 3.49. The Balaban J connectivity index is 1.97. The van der Waals surface area contributed by atoms with Crippen LogP contribution in [0, 0.1) is 5.41 Å². The molecule has 1 atom stereocenters. The van der Waals surface area contributed by atoms with Gasteiger partial charge in [0.1, 0.15) is 0 Å². The molecule has 21 heavy (non-hydrogen) atoms. The van der Waals surface area contributed by atoms with E-state index in [1.807, 2.05) is 37.5 Å². The molecule has 2 aromatic rings. The number of pyridine rings is 1. The van der Waals surface area contributed by atoms with Gasteiger partial charge < -0.3 is 14.4 Å². The highest BCUT2D eigenvalue weighted by Gasteiger charge is 2.33. The van der Waals surface area contributed by atoms with E-state index < -0.39 is 0 Å². The van der Waals surface area contributed by atoms with Crippen LogP contribution >= 0.6 is 0 Å². The number of nitrogens with zero attached hydrogens (tertiary/aromatic N) is 2. The standard InChI is InChI=1S/C17H22N2O2/c1-4-21-16-6-5-12(11-18-16)19-8-7-13-14(19)9-17(2,3)10-15(13)20/h5-8,11,15,20H,4,9-10H2,1-3H3. The summed E-state index contributed by atoms with van der Waals surface area (Å²) in [7, 11) is 0. The summed E-state index contributed by atoms with van der Waals surface area (Å²) in [5.74, 6) is 0.641. The van der Waals surface area contributed by atoms with Gasteiger partial charge >= 0.3 is 0 Å². The first-order valence-corrected chi connectivity index (χ1v) is 7.47. The minimum atomic E-state index is -0.374. The van der Waals surface area contributed by atoms with E-state index in [-0.39, 0.29) is 11.5 Å². The Morgan fingerprint density at radius 2 is 2.19 bits per heavy atom. The average Bonchev–Trinajstić information content (AvgIpc) is 2.82. The monoisotopic (exact) mass is 286 g/mol. The smallest absolute Gasteiger partial charge is 0.213 e. The van der Waals surface area contributed by atoms with Crippen LogP contribution in [-0.2, 0) is 6.42 Å². The highest BCUT2D eigenvalue weighted by molar-refractivity contribution is 5.40. The molecule has 3 rings (SSSR count). The summed E-state index contributed by atoms with van der Waals surface area (Å²) >= 11 is 0. The lowest BCUT2D eigenvalue weighted by Gasteiger charge is -2.33. The minimum Gasteiger partial charge on any atom is -0.478 e. The molecule has 0 spiro atoms. The second kappa shape index (κ2) is 5.19. The number of hydrogen-bond acceptors (Lipinski definition) is 3. The number of rotatable bonds is 3. The quantitative estimate of drug-likeness (QED) is 0.942. The van der Waals surface area contributed by atoms with Crippen molar-refractivity contribution in [3.8, 4) is 11.6 Å². The number of aliphatic hydroxyl groups is 1. The maximum absolute atomic E-state index is 10.3. The van der Waals surface area contributed by atoms with Crippen LogP contribution in [0.15, 0.2) is 30.6 Å². The SMILES string of the molecule is CCOc1ccc(-n2ccc3c2CC(C)(C)CC3O)cn1. The highest BCUT2D eigenvalue weighted by atomic mass is 16.5. The Hall–Kier alpha value is -1.81. The van der Waals surface area contributed by atoms with Gasteiger partial charge in [-0.05, 0) is 37.3 Å². The molecule has 0 radical (unpaired) electrons. The molecule has 0 fully saturated rings. The summed E-state index contributed by atoms with van der Waals surface area (Å²) in [5.41, 5.74) is 3.35. The number of aromatic nitrogens is 2. The zero-order valence-corrected chi connectivity index (χ0v) is 12.8. The molecule has 1 aliphatic rings. The van der Waals surface area contributed by atoms with Crippen molar-refractivity contribution >= 4 is 0 Å². The van der Waals surface area contributed by atoms with E-state index in [9.17, 15) is 5.11 Å². The largest absolute Gasteiger partial charge is 0.478 e. The van der Waals surface area contributed by atoms with Crippen molar-refractivity contribution in [1.29, 1.82) is 0 Å². The van der Waals surface area contributed by atoms with Crippen molar-refractivity contribution in [2.45, 2.75) is 39.7 Å². The number of ether oxygens (including phenoxy) is 1.